The molecule has 66 valence electrons. The molecule has 1 N–H and O–H groups in total. The van der Waals surface area contributed by atoms with Crippen LogP contribution in [0.25, 0.3) is 10.8 Å². The number of hydrogen-bond donors (Lipinski definition) is 1. The molecule has 13 heavy (non-hydrogen) atoms. The summed E-state index contributed by atoms with van der Waals surface area (Å²) in [4.78, 5) is 0. The van der Waals surface area contributed by atoms with Crippen molar-refractivity contribution in [1.29, 1.82) is 0 Å². The summed E-state index contributed by atoms with van der Waals surface area (Å²) in [6, 6.07) is 11.5. The van der Waals surface area contributed by atoms with Crippen molar-refractivity contribution in [2.75, 3.05) is 0 Å². The van der Waals surface area contributed by atoms with Gasteiger partial charge in [-0.15, -0.1) is 0 Å². The minimum Gasteiger partial charge on any atom is -0.392 e. The molecule has 2 aromatic rings. The molecule has 2 heteroatoms. The second-order valence-electron chi connectivity index (χ2n) is 2.94. The Morgan fingerprint density at radius 1 is 1.15 bits per heavy atom. The van der Waals surface area contributed by atoms with Crippen LogP contribution >= 0.6 is 11.6 Å². The lowest BCUT2D eigenvalue weighted by Crippen LogP contribution is -1.84. The quantitative estimate of drug-likeness (QED) is 0.737. The van der Waals surface area contributed by atoms with Crippen molar-refractivity contribution in [2.24, 2.45) is 0 Å². The van der Waals surface area contributed by atoms with Crippen molar-refractivity contribution in [3.05, 3.63) is 47.0 Å². The highest BCUT2D eigenvalue weighted by molar-refractivity contribution is 6.31. The molecule has 0 heterocycles. The van der Waals surface area contributed by atoms with Crippen LogP contribution in [0.2, 0.25) is 5.02 Å². The zero-order chi connectivity index (χ0) is 9.26. The third-order valence-electron chi connectivity index (χ3n) is 2.10. The largest absolute Gasteiger partial charge is 0.392 e. The van der Waals surface area contributed by atoms with E-state index in [1.807, 2.05) is 36.4 Å². The smallest absolute Gasteiger partial charge is 0.0687 e. The number of hydrogen-bond acceptors (Lipinski definition) is 1. The molecule has 1 nitrogen and oxygen atoms in total. The number of aliphatic hydroxyl groups excluding tert-OH is 1. The Morgan fingerprint density at radius 2 is 2.00 bits per heavy atom. The van der Waals surface area contributed by atoms with Crippen LogP contribution in [0.3, 0.4) is 0 Å². The fourth-order valence-electron chi connectivity index (χ4n) is 1.45. The second kappa shape index (κ2) is 3.36. The fraction of sp³-hybridized carbons (Fsp3) is 0.0909. The van der Waals surface area contributed by atoms with Crippen molar-refractivity contribution in [1.82, 2.24) is 0 Å². The summed E-state index contributed by atoms with van der Waals surface area (Å²) in [5, 5.41) is 11.9. The second-order valence-corrected chi connectivity index (χ2v) is 3.38. The third-order valence-corrected chi connectivity index (χ3v) is 2.34. The molecule has 2 aromatic carbocycles. The maximum atomic E-state index is 9.08. The summed E-state index contributed by atoms with van der Waals surface area (Å²) in [6.07, 6.45) is 0. The molecule has 0 spiro atoms. The normalized spacial score (nSPS) is 10.6. The van der Waals surface area contributed by atoms with Crippen LogP contribution in [0.5, 0.6) is 0 Å². The minimum atomic E-state index is 0.0533. The van der Waals surface area contributed by atoms with Gasteiger partial charge in [0, 0.05) is 5.02 Å². The standard InChI is InChI=1S/C11H9ClO/c12-10-5-4-8-2-1-3-9(7-13)11(8)6-10/h1-6,13H,7H2. The molecule has 0 bridgehead atoms. The van der Waals surface area contributed by atoms with E-state index in [0.29, 0.717) is 5.02 Å². The molecular formula is C11H9ClO. The maximum Gasteiger partial charge on any atom is 0.0687 e. The molecule has 0 saturated carbocycles. The molecule has 0 fully saturated rings. The van der Waals surface area contributed by atoms with Crippen molar-refractivity contribution >= 4 is 22.4 Å². The van der Waals surface area contributed by atoms with Crippen molar-refractivity contribution in [3.8, 4) is 0 Å². The number of benzene rings is 2. The van der Waals surface area contributed by atoms with E-state index in [1.165, 1.54) is 0 Å². The van der Waals surface area contributed by atoms with Gasteiger partial charge in [-0.3, -0.25) is 0 Å². The Morgan fingerprint density at radius 3 is 2.77 bits per heavy atom. The molecule has 0 aliphatic heterocycles. The van der Waals surface area contributed by atoms with Crippen LogP contribution in [0.1, 0.15) is 5.56 Å². The molecule has 2 rings (SSSR count). The van der Waals surface area contributed by atoms with E-state index >= 15 is 0 Å². The van der Waals surface area contributed by atoms with E-state index in [0.717, 1.165) is 16.3 Å². The Hall–Kier alpha value is -1.05. The first kappa shape index (κ1) is 8.54. The first-order valence-electron chi connectivity index (χ1n) is 4.09. The Balaban J connectivity index is 2.79. The maximum absolute atomic E-state index is 9.08. The number of rotatable bonds is 1. The predicted molar refractivity (Wildman–Crippen MR) is 54.9 cm³/mol. The highest BCUT2D eigenvalue weighted by Crippen LogP contribution is 2.22. The highest BCUT2D eigenvalue weighted by atomic mass is 35.5. The summed E-state index contributed by atoms with van der Waals surface area (Å²) in [5.41, 5.74) is 0.917. The molecule has 0 amide bonds. The Kier molecular flexibility index (Phi) is 2.21. The molecule has 0 atom stereocenters. The van der Waals surface area contributed by atoms with Crippen molar-refractivity contribution in [2.45, 2.75) is 6.61 Å². The van der Waals surface area contributed by atoms with E-state index in [9.17, 15) is 0 Å². The summed E-state index contributed by atoms with van der Waals surface area (Å²) >= 11 is 5.87. The zero-order valence-corrected chi connectivity index (χ0v) is 7.75. The van der Waals surface area contributed by atoms with Gasteiger partial charge in [-0.1, -0.05) is 35.9 Å². The van der Waals surface area contributed by atoms with Crippen LogP contribution < -0.4 is 0 Å². The lowest BCUT2D eigenvalue weighted by Gasteiger charge is -2.03. The van der Waals surface area contributed by atoms with E-state index in [2.05, 4.69) is 0 Å². The van der Waals surface area contributed by atoms with Gasteiger partial charge in [0.2, 0.25) is 0 Å². The van der Waals surface area contributed by atoms with Crippen LogP contribution in [0.4, 0.5) is 0 Å². The molecule has 0 aliphatic carbocycles. The number of halogens is 1. The van der Waals surface area contributed by atoms with E-state index < -0.39 is 0 Å². The minimum absolute atomic E-state index is 0.0533. The lowest BCUT2D eigenvalue weighted by atomic mass is 10.1. The average molecular weight is 193 g/mol. The monoisotopic (exact) mass is 192 g/mol. The van der Waals surface area contributed by atoms with Gasteiger partial charge in [0.05, 0.1) is 6.61 Å². The zero-order valence-electron chi connectivity index (χ0n) is 7.00. The van der Waals surface area contributed by atoms with E-state index in [4.69, 9.17) is 16.7 Å². The van der Waals surface area contributed by atoms with Gasteiger partial charge >= 0.3 is 0 Å². The number of fused-ring (bicyclic) bond motifs is 1. The van der Waals surface area contributed by atoms with Crippen LogP contribution in [-0.2, 0) is 6.61 Å². The van der Waals surface area contributed by atoms with Gasteiger partial charge < -0.3 is 5.11 Å². The predicted octanol–water partition coefficient (Wildman–Crippen LogP) is 2.99. The van der Waals surface area contributed by atoms with Gasteiger partial charge in [-0.25, -0.2) is 0 Å². The topological polar surface area (TPSA) is 20.2 Å². The average Bonchev–Trinajstić information content (AvgIpc) is 2.17. The Bertz CT molecular complexity index is 437. The lowest BCUT2D eigenvalue weighted by molar-refractivity contribution is 0.283. The summed E-state index contributed by atoms with van der Waals surface area (Å²) < 4.78 is 0. The summed E-state index contributed by atoms with van der Waals surface area (Å²) in [5.74, 6) is 0. The first-order valence-corrected chi connectivity index (χ1v) is 4.47. The SMILES string of the molecule is OCc1cccc2ccc(Cl)cc12. The van der Waals surface area contributed by atoms with Crippen molar-refractivity contribution in [3.63, 3.8) is 0 Å². The Labute approximate surface area is 81.6 Å². The summed E-state index contributed by atoms with van der Waals surface area (Å²) in [6.45, 7) is 0.0533. The van der Waals surface area contributed by atoms with Crippen molar-refractivity contribution < 1.29 is 5.11 Å². The molecular weight excluding hydrogens is 184 g/mol. The van der Waals surface area contributed by atoms with Crippen LogP contribution in [0, 0.1) is 0 Å². The van der Waals surface area contributed by atoms with Crippen LogP contribution in [0.15, 0.2) is 36.4 Å². The molecule has 0 radical (unpaired) electrons. The van der Waals surface area contributed by atoms with Crippen LogP contribution in [-0.4, -0.2) is 5.11 Å². The molecule has 0 unspecified atom stereocenters. The highest BCUT2D eigenvalue weighted by Gasteiger charge is 1.99. The third kappa shape index (κ3) is 1.53. The first-order chi connectivity index (χ1) is 6.31. The molecule has 0 aliphatic rings. The fourth-order valence-corrected chi connectivity index (χ4v) is 1.62. The van der Waals surface area contributed by atoms with E-state index in [1.54, 1.807) is 0 Å². The molecule has 0 aromatic heterocycles. The van der Waals surface area contributed by atoms with Gasteiger partial charge in [0.1, 0.15) is 0 Å². The summed E-state index contributed by atoms with van der Waals surface area (Å²) in [7, 11) is 0. The van der Waals surface area contributed by atoms with Gasteiger partial charge in [0.15, 0.2) is 0 Å². The van der Waals surface area contributed by atoms with Gasteiger partial charge in [0.25, 0.3) is 0 Å². The number of aliphatic hydroxyl groups is 1. The van der Waals surface area contributed by atoms with Gasteiger partial charge in [-0.2, -0.15) is 0 Å². The van der Waals surface area contributed by atoms with Gasteiger partial charge in [-0.05, 0) is 28.5 Å². The van der Waals surface area contributed by atoms with E-state index in [-0.39, 0.29) is 6.61 Å². The molecule has 0 saturated heterocycles.